The molecule has 0 spiro atoms. The van der Waals surface area contributed by atoms with E-state index in [0.29, 0.717) is 0 Å². The SMILES string of the molecule is CC(=O)c1c(O)c(C)c(O)c2c1OC1=CC(=O)C(=C(C)NCCS(=O)(=O)N(C)C)C(=O)C12C. The zero-order valence-corrected chi connectivity index (χ0v) is 20.0. The Kier molecular flexibility index (Phi) is 5.93. The van der Waals surface area contributed by atoms with E-state index in [1.54, 1.807) is 0 Å². The van der Waals surface area contributed by atoms with E-state index in [1.807, 2.05) is 0 Å². The summed E-state index contributed by atoms with van der Waals surface area (Å²) in [5.74, 6) is -3.24. The van der Waals surface area contributed by atoms with Gasteiger partial charge >= 0.3 is 0 Å². The van der Waals surface area contributed by atoms with Gasteiger partial charge in [-0.3, -0.25) is 14.4 Å². The fraction of sp³-hybridized carbons (Fsp3) is 0.409. The topological polar surface area (TPSA) is 150 Å². The van der Waals surface area contributed by atoms with Crippen LogP contribution in [-0.2, 0) is 25.0 Å². The molecule has 33 heavy (non-hydrogen) atoms. The quantitative estimate of drug-likeness (QED) is 0.310. The number of sulfonamides is 1. The minimum atomic E-state index is -3.49. The molecule has 1 aromatic rings. The first-order chi connectivity index (χ1) is 15.2. The third-order valence-electron chi connectivity index (χ3n) is 6.07. The Morgan fingerprint density at radius 2 is 1.79 bits per heavy atom. The summed E-state index contributed by atoms with van der Waals surface area (Å²) < 4.78 is 30.7. The number of rotatable bonds is 6. The van der Waals surface area contributed by atoms with E-state index < -0.39 is 44.3 Å². The van der Waals surface area contributed by atoms with Gasteiger partial charge in [0.15, 0.2) is 17.3 Å². The number of ether oxygens (including phenoxy) is 1. The molecule has 10 nitrogen and oxygen atoms in total. The van der Waals surface area contributed by atoms with Gasteiger partial charge in [-0.2, -0.15) is 0 Å². The molecule has 2 aliphatic rings. The Bertz CT molecular complexity index is 1270. The van der Waals surface area contributed by atoms with E-state index in [-0.39, 0.29) is 51.8 Å². The van der Waals surface area contributed by atoms with Gasteiger partial charge in [0.2, 0.25) is 10.0 Å². The average Bonchev–Trinajstić information content (AvgIpc) is 2.99. The van der Waals surface area contributed by atoms with Gasteiger partial charge in [-0.15, -0.1) is 0 Å². The molecule has 0 radical (unpaired) electrons. The van der Waals surface area contributed by atoms with Crippen LogP contribution in [0, 0.1) is 6.92 Å². The van der Waals surface area contributed by atoms with Crippen molar-refractivity contribution in [3.05, 3.63) is 39.8 Å². The predicted molar refractivity (Wildman–Crippen MR) is 119 cm³/mol. The number of hydrogen-bond donors (Lipinski definition) is 3. The second kappa shape index (κ2) is 7.99. The number of phenolic OH excluding ortho intramolecular Hbond substituents is 2. The van der Waals surface area contributed by atoms with Crippen molar-refractivity contribution in [3.8, 4) is 17.2 Å². The number of aromatic hydroxyl groups is 2. The Hall–Kier alpha value is -3.18. The molecule has 1 atom stereocenters. The smallest absolute Gasteiger partial charge is 0.215 e. The second-order valence-electron chi connectivity index (χ2n) is 8.41. The standard InChI is InChI=1S/C22H26N2O8S/c1-10-18(27)16(12(3)25)20-17(19(10)28)22(4)14(32-20)9-13(26)15(21(22)29)11(2)23-7-8-33(30,31)24(5)6/h9,23,27-28H,7-8H2,1-6H3. The molecular weight excluding hydrogens is 452 g/mol. The van der Waals surface area contributed by atoms with Crippen molar-refractivity contribution in [3.63, 3.8) is 0 Å². The van der Waals surface area contributed by atoms with Crippen molar-refractivity contribution in [2.75, 3.05) is 26.4 Å². The van der Waals surface area contributed by atoms with Gasteiger partial charge in [0.05, 0.1) is 16.9 Å². The molecule has 1 aromatic carbocycles. The fourth-order valence-electron chi connectivity index (χ4n) is 4.00. The van der Waals surface area contributed by atoms with E-state index in [4.69, 9.17) is 4.74 Å². The van der Waals surface area contributed by atoms with Crippen LogP contribution in [0.3, 0.4) is 0 Å². The molecule has 0 aromatic heterocycles. The number of nitrogens with one attached hydrogen (secondary N) is 1. The average molecular weight is 479 g/mol. The molecule has 0 amide bonds. The normalized spacial score (nSPS) is 21.4. The number of fused-ring (bicyclic) bond motifs is 3. The monoisotopic (exact) mass is 478 g/mol. The lowest BCUT2D eigenvalue weighted by Gasteiger charge is -2.29. The van der Waals surface area contributed by atoms with Crippen LogP contribution in [0.2, 0.25) is 0 Å². The number of hydrogen-bond acceptors (Lipinski definition) is 9. The highest BCUT2D eigenvalue weighted by atomic mass is 32.2. The first kappa shape index (κ1) is 24.5. The van der Waals surface area contributed by atoms with Gasteiger partial charge in [0.1, 0.15) is 34.0 Å². The summed E-state index contributed by atoms with van der Waals surface area (Å²) in [5.41, 5.74) is -1.85. The van der Waals surface area contributed by atoms with E-state index in [9.17, 15) is 33.0 Å². The second-order valence-corrected chi connectivity index (χ2v) is 10.7. The molecule has 1 aliphatic heterocycles. The van der Waals surface area contributed by atoms with Gasteiger partial charge in [-0.05, 0) is 27.7 Å². The molecule has 3 N–H and O–H groups in total. The molecule has 1 unspecified atom stereocenters. The van der Waals surface area contributed by atoms with Crippen LogP contribution in [0.25, 0.3) is 0 Å². The van der Waals surface area contributed by atoms with Gasteiger partial charge in [0.25, 0.3) is 0 Å². The zero-order valence-electron chi connectivity index (χ0n) is 19.2. The maximum absolute atomic E-state index is 13.6. The summed E-state index contributed by atoms with van der Waals surface area (Å²) in [6, 6.07) is 0. The number of benzene rings is 1. The summed E-state index contributed by atoms with van der Waals surface area (Å²) >= 11 is 0. The molecule has 0 bridgehead atoms. The van der Waals surface area contributed by atoms with Crippen molar-refractivity contribution in [2.24, 2.45) is 0 Å². The van der Waals surface area contributed by atoms with Crippen molar-refractivity contribution in [2.45, 2.75) is 33.1 Å². The van der Waals surface area contributed by atoms with Crippen LogP contribution in [0.1, 0.15) is 42.3 Å². The predicted octanol–water partition coefficient (Wildman–Crippen LogP) is 1.05. The maximum atomic E-state index is 13.6. The fourth-order valence-corrected chi connectivity index (χ4v) is 4.73. The van der Waals surface area contributed by atoms with Crippen LogP contribution in [0.5, 0.6) is 17.2 Å². The lowest BCUT2D eigenvalue weighted by Crippen LogP contribution is -2.41. The third kappa shape index (κ3) is 3.61. The Morgan fingerprint density at radius 1 is 1.18 bits per heavy atom. The minimum Gasteiger partial charge on any atom is -0.507 e. The minimum absolute atomic E-state index is 0.00370. The highest BCUT2D eigenvalue weighted by Gasteiger charge is 2.56. The van der Waals surface area contributed by atoms with Gasteiger partial charge in [-0.1, -0.05) is 0 Å². The summed E-state index contributed by atoms with van der Waals surface area (Å²) in [5, 5.41) is 24.0. The maximum Gasteiger partial charge on any atom is 0.215 e. The van der Waals surface area contributed by atoms with E-state index >= 15 is 0 Å². The van der Waals surface area contributed by atoms with Gasteiger partial charge < -0.3 is 20.3 Å². The Balaban J connectivity index is 2.11. The van der Waals surface area contributed by atoms with Crippen molar-refractivity contribution in [1.29, 1.82) is 0 Å². The van der Waals surface area contributed by atoms with Crippen LogP contribution in [0.15, 0.2) is 23.1 Å². The van der Waals surface area contributed by atoms with Crippen molar-refractivity contribution in [1.82, 2.24) is 9.62 Å². The number of phenols is 2. The molecule has 3 rings (SSSR count). The van der Waals surface area contributed by atoms with Crippen LogP contribution in [0.4, 0.5) is 0 Å². The van der Waals surface area contributed by atoms with E-state index in [2.05, 4.69) is 5.32 Å². The highest BCUT2D eigenvalue weighted by molar-refractivity contribution is 7.89. The Morgan fingerprint density at radius 3 is 2.33 bits per heavy atom. The summed E-state index contributed by atoms with van der Waals surface area (Å²) in [6.07, 6.45) is 1.11. The number of allylic oxidation sites excluding steroid dienone is 4. The van der Waals surface area contributed by atoms with Crippen LogP contribution in [-0.4, -0.2) is 66.7 Å². The van der Waals surface area contributed by atoms with E-state index in [1.165, 1.54) is 41.8 Å². The number of Topliss-reactive ketones (excluding diaryl/α,β-unsaturated/α-hetero) is 2. The molecular formula is C22H26N2O8S. The molecule has 1 heterocycles. The van der Waals surface area contributed by atoms with Crippen LogP contribution >= 0.6 is 0 Å². The molecule has 0 saturated carbocycles. The molecule has 0 fully saturated rings. The number of carbonyl (C=O) groups excluding carboxylic acids is 3. The number of ketones is 3. The van der Waals surface area contributed by atoms with Crippen molar-refractivity contribution >= 4 is 27.4 Å². The highest BCUT2D eigenvalue weighted by Crippen LogP contribution is 2.57. The number of nitrogens with zero attached hydrogens (tertiary/aromatic N) is 1. The molecule has 178 valence electrons. The summed E-state index contributed by atoms with van der Waals surface area (Å²) in [4.78, 5) is 38.6. The lowest BCUT2D eigenvalue weighted by atomic mass is 9.70. The largest absolute Gasteiger partial charge is 0.507 e. The first-order valence-electron chi connectivity index (χ1n) is 10.1. The molecule has 0 saturated heterocycles. The van der Waals surface area contributed by atoms with Crippen molar-refractivity contribution < 1.29 is 37.8 Å². The first-order valence-corrected chi connectivity index (χ1v) is 11.7. The Labute approximate surface area is 191 Å². The van der Waals surface area contributed by atoms with Gasteiger partial charge in [0, 0.05) is 38.0 Å². The number of carbonyl (C=O) groups is 3. The van der Waals surface area contributed by atoms with E-state index in [0.717, 1.165) is 10.4 Å². The third-order valence-corrected chi connectivity index (χ3v) is 7.90. The van der Waals surface area contributed by atoms with Gasteiger partial charge in [-0.25, -0.2) is 12.7 Å². The molecule has 11 heteroatoms. The summed E-state index contributed by atoms with van der Waals surface area (Å²) in [7, 11) is -0.680. The summed E-state index contributed by atoms with van der Waals surface area (Å²) in [6.45, 7) is 5.51. The van der Waals surface area contributed by atoms with Crippen LogP contribution < -0.4 is 10.1 Å². The lowest BCUT2D eigenvalue weighted by molar-refractivity contribution is -0.123. The molecule has 1 aliphatic carbocycles. The zero-order chi connectivity index (χ0) is 25.0.